The SMILES string of the molecule is CCN(CC)CCOC(=O)c1ccc(NC(=O)c2cc3cc(Br)cc(Br)c3oc2=O)cc1. The molecule has 0 saturated carbocycles. The largest absolute Gasteiger partial charge is 0.461 e. The Kier molecular flexibility index (Phi) is 8.22. The van der Waals surface area contributed by atoms with Gasteiger partial charge in [0.25, 0.3) is 5.91 Å². The summed E-state index contributed by atoms with van der Waals surface area (Å²) in [5.41, 5.74) is 0.305. The van der Waals surface area contributed by atoms with Crippen molar-refractivity contribution in [1.29, 1.82) is 0 Å². The lowest BCUT2D eigenvalue weighted by atomic mass is 10.1. The summed E-state index contributed by atoms with van der Waals surface area (Å²) in [5.74, 6) is -1.03. The second kappa shape index (κ2) is 10.9. The maximum Gasteiger partial charge on any atom is 0.349 e. The maximum absolute atomic E-state index is 12.6. The molecule has 3 aromatic rings. The van der Waals surface area contributed by atoms with Gasteiger partial charge >= 0.3 is 11.6 Å². The van der Waals surface area contributed by atoms with E-state index in [0.717, 1.165) is 17.6 Å². The van der Waals surface area contributed by atoms with Crippen LogP contribution in [0.5, 0.6) is 0 Å². The average molecular weight is 566 g/mol. The molecule has 0 saturated heterocycles. The number of carbonyl (C=O) groups excluding carboxylic acids is 2. The number of carbonyl (C=O) groups is 2. The van der Waals surface area contributed by atoms with Gasteiger partial charge in [-0.25, -0.2) is 9.59 Å². The van der Waals surface area contributed by atoms with Crippen LogP contribution in [0, 0.1) is 0 Å². The van der Waals surface area contributed by atoms with Crippen molar-refractivity contribution in [3.05, 3.63) is 73.0 Å². The molecule has 0 radical (unpaired) electrons. The van der Waals surface area contributed by atoms with E-state index in [4.69, 9.17) is 9.15 Å². The van der Waals surface area contributed by atoms with Crippen LogP contribution in [0.25, 0.3) is 11.0 Å². The van der Waals surface area contributed by atoms with Crippen molar-refractivity contribution in [2.75, 3.05) is 31.6 Å². The molecule has 1 N–H and O–H groups in total. The predicted octanol–water partition coefficient (Wildman–Crippen LogP) is 5.07. The number of hydrogen-bond acceptors (Lipinski definition) is 6. The molecule has 0 aliphatic rings. The number of rotatable bonds is 8. The average Bonchev–Trinajstić information content (AvgIpc) is 2.77. The molecule has 9 heteroatoms. The number of nitrogens with one attached hydrogen (secondary N) is 1. The van der Waals surface area contributed by atoms with E-state index in [1.165, 1.54) is 6.07 Å². The highest BCUT2D eigenvalue weighted by Crippen LogP contribution is 2.28. The molecule has 3 rings (SSSR count). The van der Waals surface area contributed by atoms with Crippen molar-refractivity contribution in [2.45, 2.75) is 13.8 Å². The summed E-state index contributed by atoms with van der Waals surface area (Å²) in [6.07, 6.45) is 0. The first-order chi connectivity index (χ1) is 15.3. The van der Waals surface area contributed by atoms with Gasteiger partial charge in [0.1, 0.15) is 12.2 Å². The third-order valence-corrected chi connectivity index (χ3v) is 5.96. The Morgan fingerprint density at radius 3 is 2.41 bits per heavy atom. The van der Waals surface area contributed by atoms with E-state index in [-0.39, 0.29) is 5.56 Å². The molecule has 1 heterocycles. The number of fused-ring (bicyclic) bond motifs is 1. The Balaban J connectivity index is 1.68. The Bertz CT molecular complexity index is 1190. The molecule has 168 valence electrons. The lowest BCUT2D eigenvalue weighted by Crippen LogP contribution is -2.27. The summed E-state index contributed by atoms with van der Waals surface area (Å²) < 4.78 is 12.0. The quantitative estimate of drug-likeness (QED) is 0.303. The van der Waals surface area contributed by atoms with E-state index >= 15 is 0 Å². The van der Waals surface area contributed by atoms with Gasteiger partial charge in [-0.15, -0.1) is 0 Å². The van der Waals surface area contributed by atoms with Crippen LogP contribution < -0.4 is 10.9 Å². The lowest BCUT2D eigenvalue weighted by Gasteiger charge is -2.17. The second-order valence-corrected chi connectivity index (χ2v) is 8.72. The predicted molar refractivity (Wildman–Crippen MR) is 130 cm³/mol. The number of esters is 1. The summed E-state index contributed by atoms with van der Waals surface area (Å²) in [6, 6.07) is 11.3. The van der Waals surface area contributed by atoms with Gasteiger partial charge in [0.05, 0.1) is 10.0 Å². The van der Waals surface area contributed by atoms with Crippen LogP contribution in [0.4, 0.5) is 5.69 Å². The number of amides is 1. The van der Waals surface area contributed by atoms with E-state index in [0.29, 0.717) is 39.8 Å². The molecular weight excluding hydrogens is 544 g/mol. The summed E-state index contributed by atoms with van der Waals surface area (Å²) in [5, 5.41) is 3.25. The fraction of sp³-hybridized carbons (Fsp3) is 0.261. The van der Waals surface area contributed by atoms with E-state index in [2.05, 4.69) is 55.9 Å². The summed E-state index contributed by atoms with van der Waals surface area (Å²) in [7, 11) is 0. The third kappa shape index (κ3) is 5.85. The van der Waals surface area contributed by atoms with Gasteiger partial charge in [-0.2, -0.15) is 0 Å². The number of anilines is 1. The van der Waals surface area contributed by atoms with Gasteiger partial charge in [-0.3, -0.25) is 4.79 Å². The van der Waals surface area contributed by atoms with Crippen LogP contribution in [-0.4, -0.2) is 43.0 Å². The van der Waals surface area contributed by atoms with E-state index in [1.54, 1.807) is 36.4 Å². The first-order valence-corrected chi connectivity index (χ1v) is 11.6. The Labute approximate surface area is 202 Å². The maximum atomic E-state index is 12.6. The zero-order valence-corrected chi connectivity index (χ0v) is 20.8. The van der Waals surface area contributed by atoms with Crippen LogP contribution in [-0.2, 0) is 4.74 Å². The van der Waals surface area contributed by atoms with E-state index < -0.39 is 17.5 Å². The number of benzene rings is 2. The van der Waals surface area contributed by atoms with Crippen molar-refractivity contribution in [3.63, 3.8) is 0 Å². The molecule has 0 bridgehead atoms. The third-order valence-electron chi connectivity index (χ3n) is 4.91. The van der Waals surface area contributed by atoms with Crippen molar-refractivity contribution >= 4 is 60.4 Å². The normalized spacial score (nSPS) is 11.0. The van der Waals surface area contributed by atoms with Crippen LogP contribution in [0.15, 0.2) is 60.6 Å². The molecule has 0 fully saturated rings. The number of ether oxygens (including phenoxy) is 1. The van der Waals surface area contributed by atoms with Gasteiger partial charge < -0.3 is 19.4 Å². The van der Waals surface area contributed by atoms with Crippen LogP contribution in [0.2, 0.25) is 0 Å². The minimum absolute atomic E-state index is 0.123. The van der Waals surface area contributed by atoms with Gasteiger partial charge in [0.15, 0.2) is 5.58 Å². The van der Waals surface area contributed by atoms with Crippen molar-refractivity contribution in [1.82, 2.24) is 4.90 Å². The molecule has 1 aromatic heterocycles. The molecule has 0 spiro atoms. The van der Waals surface area contributed by atoms with Crippen molar-refractivity contribution in [2.24, 2.45) is 0 Å². The van der Waals surface area contributed by atoms with Gasteiger partial charge in [-0.1, -0.05) is 29.8 Å². The topological polar surface area (TPSA) is 88.8 Å². The molecular formula is C23H22Br2N2O5. The van der Waals surface area contributed by atoms with Crippen molar-refractivity contribution in [3.8, 4) is 0 Å². The smallest absolute Gasteiger partial charge is 0.349 e. The number of halogens is 2. The number of likely N-dealkylation sites (N-methyl/N-ethyl adjacent to an activating group) is 1. The molecule has 1 amide bonds. The highest BCUT2D eigenvalue weighted by molar-refractivity contribution is 9.11. The summed E-state index contributed by atoms with van der Waals surface area (Å²) >= 11 is 6.72. The molecule has 2 aromatic carbocycles. The van der Waals surface area contributed by atoms with E-state index in [1.807, 2.05) is 0 Å². The highest BCUT2D eigenvalue weighted by atomic mass is 79.9. The zero-order chi connectivity index (χ0) is 23.3. The second-order valence-electron chi connectivity index (χ2n) is 6.95. The first-order valence-electron chi connectivity index (χ1n) is 10.1. The summed E-state index contributed by atoms with van der Waals surface area (Å²) in [6.45, 7) is 6.88. The minimum Gasteiger partial charge on any atom is -0.461 e. The zero-order valence-electron chi connectivity index (χ0n) is 17.6. The fourth-order valence-electron chi connectivity index (χ4n) is 3.09. The van der Waals surface area contributed by atoms with E-state index in [9.17, 15) is 14.4 Å². The fourth-order valence-corrected chi connectivity index (χ4v) is 4.43. The van der Waals surface area contributed by atoms with Gasteiger partial charge in [0, 0.05) is 22.1 Å². The Morgan fingerprint density at radius 2 is 1.75 bits per heavy atom. The van der Waals surface area contributed by atoms with Crippen LogP contribution in [0.1, 0.15) is 34.6 Å². The molecule has 7 nitrogen and oxygen atoms in total. The monoisotopic (exact) mass is 564 g/mol. The van der Waals surface area contributed by atoms with Crippen molar-refractivity contribution < 1.29 is 18.7 Å². The number of hydrogen-bond donors (Lipinski definition) is 1. The molecule has 0 aliphatic carbocycles. The Hall–Kier alpha value is -2.49. The Morgan fingerprint density at radius 1 is 1.06 bits per heavy atom. The molecule has 32 heavy (non-hydrogen) atoms. The highest BCUT2D eigenvalue weighted by Gasteiger charge is 2.16. The standard InChI is InChI=1S/C23H22Br2N2O5/c1-3-27(4-2)9-10-31-22(29)14-5-7-17(8-6-14)26-21(28)18-12-15-11-16(24)13-19(25)20(15)32-23(18)30/h5-8,11-13H,3-4,9-10H2,1-2H3,(H,26,28). The van der Waals surface area contributed by atoms with Gasteiger partial charge in [-0.05, 0) is 71.5 Å². The number of nitrogens with zero attached hydrogens (tertiary/aromatic N) is 1. The minimum atomic E-state index is -0.744. The van der Waals surface area contributed by atoms with Crippen LogP contribution in [0.3, 0.4) is 0 Å². The first kappa shape index (κ1) is 24.2. The summed E-state index contributed by atoms with van der Waals surface area (Å²) in [4.78, 5) is 39.3. The lowest BCUT2D eigenvalue weighted by molar-refractivity contribution is 0.0466. The van der Waals surface area contributed by atoms with Crippen LogP contribution >= 0.6 is 31.9 Å². The molecule has 0 unspecified atom stereocenters. The molecule has 0 aliphatic heterocycles. The molecule has 0 atom stereocenters. The van der Waals surface area contributed by atoms with Gasteiger partial charge in [0.2, 0.25) is 0 Å².